The van der Waals surface area contributed by atoms with Gasteiger partial charge >= 0.3 is 0 Å². The SMILES string of the molecule is C/C=C1/C=CC(C)=NC1=NC. The molecule has 0 radical (unpaired) electrons. The van der Waals surface area contributed by atoms with E-state index < -0.39 is 0 Å². The third-order valence-electron chi connectivity index (χ3n) is 1.57. The van der Waals surface area contributed by atoms with Crippen molar-refractivity contribution in [3.63, 3.8) is 0 Å². The summed E-state index contributed by atoms with van der Waals surface area (Å²) in [5, 5.41) is 0. The molecular weight excluding hydrogens is 136 g/mol. The molecule has 2 heteroatoms. The van der Waals surface area contributed by atoms with Crippen LogP contribution in [0, 0.1) is 0 Å². The highest BCUT2D eigenvalue weighted by Gasteiger charge is 2.04. The van der Waals surface area contributed by atoms with Crippen molar-refractivity contribution < 1.29 is 0 Å². The molecule has 0 bridgehead atoms. The molecule has 1 aliphatic rings. The molecular formula is C9H12N2. The van der Waals surface area contributed by atoms with E-state index in [1.54, 1.807) is 7.05 Å². The summed E-state index contributed by atoms with van der Waals surface area (Å²) in [4.78, 5) is 8.32. The molecule has 58 valence electrons. The number of amidine groups is 1. The summed E-state index contributed by atoms with van der Waals surface area (Å²) in [6, 6.07) is 0. The number of aliphatic imine (C=N–C) groups is 2. The molecule has 0 amide bonds. The zero-order valence-electron chi connectivity index (χ0n) is 7.13. The highest BCUT2D eigenvalue weighted by Crippen LogP contribution is 2.07. The van der Waals surface area contributed by atoms with Gasteiger partial charge in [0.25, 0.3) is 0 Å². The monoisotopic (exact) mass is 148 g/mol. The van der Waals surface area contributed by atoms with Crippen LogP contribution in [0.5, 0.6) is 0 Å². The van der Waals surface area contributed by atoms with Crippen LogP contribution in [0.3, 0.4) is 0 Å². The van der Waals surface area contributed by atoms with E-state index in [2.05, 4.69) is 9.98 Å². The maximum absolute atomic E-state index is 4.26. The standard InChI is InChI=1S/C9H12N2/c1-4-8-6-5-7(2)11-9(8)10-3/h4-6H,1-3H3/b8-4-,10-9?. The van der Waals surface area contributed by atoms with Crippen molar-refractivity contribution in [2.75, 3.05) is 7.05 Å². The molecule has 0 atom stereocenters. The summed E-state index contributed by atoms with van der Waals surface area (Å²) in [5.74, 6) is 0.826. The van der Waals surface area contributed by atoms with Crippen LogP contribution in [0.25, 0.3) is 0 Å². The van der Waals surface area contributed by atoms with Crippen molar-refractivity contribution in [1.29, 1.82) is 0 Å². The minimum Gasteiger partial charge on any atom is -0.270 e. The topological polar surface area (TPSA) is 24.7 Å². The minimum absolute atomic E-state index is 0.826. The van der Waals surface area contributed by atoms with E-state index >= 15 is 0 Å². The Morgan fingerprint density at radius 2 is 2.18 bits per heavy atom. The van der Waals surface area contributed by atoms with Gasteiger partial charge in [0.1, 0.15) is 0 Å². The molecule has 1 aliphatic heterocycles. The van der Waals surface area contributed by atoms with Crippen LogP contribution in [0.4, 0.5) is 0 Å². The summed E-state index contributed by atoms with van der Waals surface area (Å²) in [6.07, 6.45) is 6.03. The quantitative estimate of drug-likeness (QED) is 0.502. The third-order valence-corrected chi connectivity index (χ3v) is 1.57. The van der Waals surface area contributed by atoms with Crippen LogP contribution in [0.15, 0.2) is 33.8 Å². The van der Waals surface area contributed by atoms with Gasteiger partial charge in [-0.1, -0.05) is 6.08 Å². The highest BCUT2D eigenvalue weighted by molar-refractivity contribution is 6.14. The molecule has 0 aromatic carbocycles. The van der Waals surface area contributed by atoms with Crippen LogP contribution in [0.2, 0.25) is 0 Å². The summed E-state index contributed by atoms with van der Waals surface area (Å²) in [6.45, 7) is 3.95. The number of hydrogen-bond donors (Lipinski definition) is 0. The molecule has 0 aromatic heterocycles. The first-order valence-electron chi connectivity index (χ1n) is 3.64. The maximum Gasteiger partial charge on any atom is 0.154 e. The molecule has 0 aliphatic carbocycles. The largest absolute Gasteiger partial charge is 0.270 e. The van der Waals surface area contributed by atoms with Gasteiger partial charge in [0.05, 0.1) is 0 Å². The number of dihydropyridines is 1. The number of rotatable bonds is 0. The van der Waals surface area contributed by atoms with Crippen LogP contribution in [0.1, 0.15) is 13.8 Å². The highest BCUT2D eigenvalue weighted by atomic mass is 14.9. The second-order valence-corrected chi connectivity index (χ2v) is 2.38. The Morgan fingerprint density at radius 1 is 1.45 bits per heavy atom. The lowest BCUT2D eigenvalue weighted by Gasteiger charge is -2.06. The van der Waals surface area contributed by atoms with E-state index in [0.717, 1.165) is 17.1 Å². The number of hydrogen-bond acceptors (Lipinski definition) is 1. The normalized spacial score (nSPS) is 24.5. The fourth-order valence-electron chi connectivity index (χ4n) is 0.958. The molecule has 11 heavy (non-hydrogen) atoms. The van der Waals surface area contributed by atoms with E-state index in [1.807, 2.05) is 32.1 Å². The zero-order valence-corrected chi connectivity index (χ0v) is 7.13. The Bertz CT molecular complexity index is 267. The van der Waals surface area contributed by atoms with Gasteiger partial charge < -0.3 is 0 Å². The van der Waals surface area contributed by atoms with Crippen LogP contribution in [-0.4, -0.2) is 18.6 Å². The second-order valence-electron chi connectivity index (χ2n) is 2.38. The Hall–Kier alpha value is -1.18. The second kappa shape index (κ2) is 3.28. The van der Waals surface area contributed by atoms with Gasteiger partial charge in [0.15, 0.2) is 5.84 Å². The van der Waals surface area contributed by atoms with Crippen LogP contribution in [-0.2, 0) is 0 Å². The van der Waals surface area contributed by atoms with Gasteiger partial charge in [0, 0.05) is 18.3 Å². The van der Waals surface area contributed by atoms with E-state index in [-0.39, 0.29) is 0 Å². The molecule has 1 rings (SSSR count). The van der Waals surface area contributed by atoms with Gasteiger partial charge in [-0.15, -0.1) is 0 Å². The van der Waals surface area contributed by atoms with Gasteiger partial charge in [-0.05, 0) is 26.0 Å². The maximum atomic E-state index is 4.26. The smallest absolute Gasteiger partial charge is 0.154 e. The van der Waals surface area contributed by atoms with Crippen molar-refractivity contribution in [1.82, 2.24) is 0 Å². The van der Waals surface area contributed by atoms with Crippen molar-refractivity contribution >= 4 is 11.5 Å². The predicted molar refractivity (Wildman–Crippen MR) is 49.4 cm³/mol. The van der Waals surface area contributed by atoms with Gasteiger partial charge in [-0.25, -0.2) is 4.99 Å². The zero-order chi connectivity index (χ0) is 8.27. The molecule has 1 heterocycles. The Balaban J connectivity index is 3.03. The lowest BCUT2D eigenvalue weighted by Crippen LogP contribution is -2.05. The molecule has 0 saturated heterocycles. The van der Waals surface area contributed by atoms with Crippen molar-refractivity contribution in [3.8, 4) is 0 Å². The van der Waals surface area contributed by atoms with E-state index in [0.29, 0.717) is 0 Å². The van der Waals surface area contributed by atoms with E-state index in [9.17, 15) is 0 Å². The van der Waals surface area contributed by atoms with Crippen LogP contribution >= 0.6 is 0 Å². The lowest BCUT2D eigenvalue weighted by atomic mass is 10.1. The summed E-state index contributed by atoms with van der Waals surface area (Å²) in [5.41, 5.74) is 2.11. The molecule has 0 unspecified atom stereocenters. The average Bonchev–Trinajstić information content (AvgIpc) is 2.04. The predicted octanol–water partition coefficient (Wildman–Crippen LogP) is 1.99. The van der Waals surface area contributed by atoms with Gasteiger partial charge in [-0.3, -0.25) is 4.99 Å². The van der Waals surface area contributed by atoms with Gasteiger partial charge in [0.2, 0.25) is 0 Å². The summed E-state index contributed by atoms with van der Waals surface area (Å²) >= 11 is 0. The third kappa shape index (κ3) is 1.64. The van der Waals surface area contributed by atoms with E-state index in [1.165, 1.54) is 0 Å². The minimum atomic E-state index is 0.826. The number of nitrogens with zero attached hydrogens (tertiary/aromatic N) is 2. The number of allylic oxidation sites excluding steroid dienone is 2. The fraction of sp³-hybridized carbons (Fsp3) is 0.333. The Morgan fingerprint density at radius 3 is 2.73 bits per heavy atom. The molecule has 0 aromatic rings. The Labute approximate surface area is 67.1 Å². The molecule has 0 spiro atoms. The molecule has 0 saturated carbocycles. The van der Waals surface area contributed by atoms with Gasteiger partial charge in [-0.2, -0.15) is 0 Å². The van der Waals surface area contributed by atoms with Crippen molar-refractivity contribution in [3.05, 3.63) is 23.8 Å². The molecule has 2 nitrogen and oxygen atoms in total. The van der Waals surface area contributed by atoms with Crippen molar-refractivity contribution in [2.24, 2.45) is 9.98 Å². The van der Waals surface area contributed by atoms with Crippen LogP contribution < -0.4 is 0 Å². The lowest BCUT2D eigenvalue weighted by molar-refractivity contribution is 1.37. The molecule has 0 fully saturated rings. The first-order valence-corrected chi connectivity index (χ1v) is 3.64. The first kappa shape index (κ1) is 7.92. The fourth-order valence-corrected chi connectivity index (χ4v) is 0.958. The summed E-state index contributed by atoms with van der Waals surface area (Å²) in [7, 11) is 1.76. The summed E-state index contributed by atoms with van der Waals surface area (Å²) < 4.78 is 0. The van der Waals surface area contributed by atoms with E-state index in [4.69, 9.17) is 0 Å². The molecule has 0 N–H and O–H groups in total. The Kier molecular flexibility index (Phi) is 2.36. The average molecular weight is 148 g/mol. The first-order chi connectivity index (χ1) is 5.27. The van der Waals surface area contributed by atoms with Crippen molar-refractivity contribution in [2.45, 2.75) is 13.8 Å².